The van der Waals surface area contributed by atoms with Crippen molar-refractivity contribution >= 4 is 21.3 Å². The van der Waals surface area contributed by atoms with Crippen LogP contribution in [0.3, 0.4) is 0 Å². The molecule has 0 unspecified atom stereocenters. The van der Waals surface area contributed by atoms with Gasteiger partial charge in [-0.25, -0.2) is 18.4 Å². The van der Waals surface area contributed by atoms with Crippen molar-refractivity contribution in [1.82, 2.24) is 14.4 Å². The molecule has 2 heterocycles. The van der Waals surface area contributed by atoms with Crippen molar-refractivity contribution in [2.45, 2.75) is 11.4 Å². The number of phenolic OH excluding ortho intramolecular Hbond substituents is 1. The van der Waals surface area contributed by atoms with Crippen LogP contribution in [0.15, 0.2) is 66.0 Å². The topological polar surface area (TPSA) is 106 Å². The maximum absolute atomic E-state index is 11.6. The molecule has 0 bridgehead atoms. The minimum absolute atomic E-state index is 0.0508. The molecule has 0 aliphatic rings. The van der Waals surface area contributed by atoms with Crippen LogP contribution in [0.2, 0.25) is 0 Å². The van der Waals surface area contributed by atoms with E-state index >= 15 is 0 Å². The van der Waals surface area contributed by atoms with Crippen LogP contribution in [0.5, 0.6) is 11.5 Å². The van der Waals surface area contributed by atoms with Gasteiger partial charge in [0, 0.05) is 30.8 Å². The molecular weight excluding hydrogens is 404 g/mol. The standard InChI is InChI=1S/C21H20N4O4S/c1-29-19-8-5-15(11-18(19)26)17-13-24-21-20(22-9-10-25(17)21)23-12-14-3-6-16(7-4-14)30(2,27)28/h3-11,13,26H,12H2,1-2H3,(H,22,23). The van der Waals surface area contributed by atoms with E-state index in [1.165, 1.54) is 13.4 Å². The monoisotopic (exact) mass is 424 g/mol. The summed E-state index contributed by atoms with van der Waals surface area (Å²) in [4.78, 5) is 9.13. The van der Waals surface area contributed by atoms with Crippen molar-refractivity contribution < 1.29 is 18.3 Å². The molecule has 4 aromatic rings. The second-order valence-corrected chi connectivity index (χ2v) is 8.78. The zero-order chi connectivity index (χ0) is 21.3. The normalized spacial score (nSPS) is 11.5. The van der Waals surface area contributed by atoms with E-state index in [0.29, 0.717) is 23.8 Å². The third-order valence-electron chi connectivity index (χ3n) is 4.71. The number of benzene rings is 2. The highest BCUT2D eigenvalue weighted by atomic mass is 32.2. The summed E-state index contributed by atoms with van der Waals surface area (Å²) >= 11 is 0. The average molecular weight is 424 g/mol. The number of phenols is 1. The first-order chi connectivity index (χ1) is 14.4. The van der Waals surface area contributed by atoms with Gasteiger partial charge >= 0.3 is 0 Å². The van der Waals surface area contributed by atoms with Crippen LogP contribution in [-0.2, 0) is 16.4 Å². The molecular formula is C21H20N4O4S. The van der Waals surface area contributed by atoms with Crippen LogP contribution < -0.4 is 10.1 Å². The molecule has 2 N–H and O–H groups in total. The number of nitrogens with zero attached hydrogens (tertiary/aromatic N) is 3. The quantitative estimate of drug-likeness (QED) is 0.490. The van der Waals surface area contributed by atoms with Crippen molar-refractivity contribution in [3.8, 4) is 22.8 Å². The Morgan fingerprint density at radius 1 is 1.13 bits per heavy atom. The minimum atomic E-state index is -3.22. The molecule has 0 amide bonds. The van der Waals surface area contributed by atoms with Crippen LogP contribution in [-0.4, -0.2) is 41.3 Å². The first-order valence-corrected chi connectivity index (χ1v) is 11.0. The fourth-order valence-electron chi connectivity index (χ4n) is 3.15. The van der Waals surface area contributed by atoms with Gasteiger partial charge in [0.15, 0.2) is 32.8 Å². The lowest BCUT2D eigenvalue weighted by Gasteiger charge is -2.09. The first-order valence-electron chi connectivity index (χ1n) is 9.09. The third-order valence-corrected chi connectivity index (χ3v) is 5.84. The number of nitrogens with one attached hydrogen (secondary N) is 1. The number of hydrogen-bond acceptors (Lipinski definition) is 7. The molecule has 0 radical (unpaired) electrons. The number of rotatable bonds is 6. The Morgan fingerprint density at radius 2 is 1.90 bits per heavy atom. The SMILES string of the molecule is COc1ccc(-c2cnc3c(NCc4ccc(S(C)(=O)=O)cc4)nccn23)cc1O. The van der Waals surface area contributed by atoms with E-state index in [0.717, 1.165) is 16.8 Å². The molecule has 0 saturated heterocycles. The predicted molar refractivity (Wildman–Crippen MR) is 114 cm³/mol. The lowest BCUT2D eigenvalue weighted by molar-refractivity contribution is 0.373. The summed E-state index contributed by atoms with van der Waals surface area (Å²) in [6.45, 7) is 0.461. The van der Waals surface area contributed by atoms with E-state index in [9.17, 15) is 13.5 Å². The molecule has 154 valence electrons. The molecule has 0 fully saturated rings. The number of hydrogen-bond donors (Lipinski definition) is 2. The molecule has 0 aliphatic heterocycles. The number of aromatic nitrogens is 3. The lowest BCUT2D eigenvalue weighted by Crippen LogP contribution is -2.04. The second-order valence-electron chi connectivity index (χ2n) is 6.77. The molecule has 4 rings (SSSR count). The molecule has 0 saturated carbocycles. The first kappa shape index (κ1) is 19.7. The predicted octanol–water partition coefficient (Wildman–Crippen LogP) is 3.13. The van der Waals surface area contributed by atoms with Gasteiger partial charge in [-0.05, 0) is 35.9 Å². The summed E-state index contributed by atoms with van der Waals surface area (Å²) in [5.41, 5.74) is 3.13. The lowest BCUT2D eigenvalue weighted by atomic mass is 10.1. The van der Waals surface area contributed by atoms with Gasteiger partial charge in [0.2, 0.25) is 0 Å². The van der Waals surface area contributed by atoms with Crippen molar-refractivity contribution in [3.63, 3.8) is 0 Å². The van der Waals surface area contributed by atoms with E-state index in [1.54, 1.807) is 55.0 Å². The Morgan fingerprint density at radius 3 is 2.57 bits per heavy atom. The van der Waals surface area contributed by atoms with Gasteiger partial charge in [-0.2, -0.15) is 0 Å². The van der Waals surface area contributed by atoms with Crippen LogP contribution in [0.1, 0.15) is 5.56 Å². The van der Waals surface area contributed by atoms with Crippen LogP contribution in [0.4, 0.5) is 5.82 Å². The third kappa shape index (κ3) is 3.79. The number of ether oxygens (including phenoxy) is 1. The highest BCUT2D eigenvalue weighted by molar-refractivity contribution is 7.90. The number of fused-ring (bicyclic) bond motifs is 1. The molecule has 9 heteroatoms. The number of sulfone groups is 1. The van der Waals surface area contributed by atoms with Crippen molar-refractivity contribution in [1.29, 1.82) is 0 Å². The van der Waals surface area contributed by atoms with Crippen LogP contribution >= 0.6 is 0 Å². The smallest absolute Gasteiger partial charge is 0.180 e. The van der Waals surface area contributed by atoms with Crippen LogP contribution in [0.25, 0.3) is 16.9 Å². The Labute approximate surface area is 173 Å². The van der Waals surface area contributed by atoms with Gasteiger partial charge in [-0.1, -0.05) is 12.1 Å². The molecule has 8 nitrogen and oxygen atoms in total. The Balaban J connectivity index is 1.60. The fourth-order valence-corrected chi connectivity index (χ4v) is 3.78. The molecule has 0 atom stereocenters. The maximum Gasteiger partial charge on any atom is 0.180 e. The number of methoxy groups -OCH3 is 1. The van der Waals surface area contributed by atoms with Gasteiger partial charge in [0.05, 0.1) is 23.9 Å². The van der Waals surface area contributed by atoms with Gasteiger partial charge in [-0.15, -0.1) is 0 Å². The van der Waals surface area contributed by atoms with Gasteiger partial charge in [0.25, 0.3) is 0 Å². The molecule has 0 aliphatic carbocycles. The summed E-state index contributed by atoms with van der Waals surface area (Å²) in [5, 5.41) is 13.3. The summed E-state index contributed by atoms with van der Waals surface area (Å²) in [7, 11) is -1.72. The average Bonchev–Trinajstić information content (AvgIpc) is 3.16. The summed E-state index contributed by atoms with van der Waals surface area (Å²) < 4.78 is 30.1. The van der Waals surface area contributed by atoms with E-state index in [2.05, 4.69) is 15.3 Å². The van der Waals surface area contributed by atoms with Crippen molar-refractivity contribution in [3.05, 3.63) is 66.6 Å². The van der Waals surface area contributed by atoms with Gasteiger partial charge < -0.3 is 15.2 Å². The minimum Gasteiger partial charge on any atom is -0.504 e. The molecule has 2 aromatic carbocycles. The molecule has 30 heavy (non-hydrogen) atoms. The zero-order valence-electron chi connectivity index (χ0n) is 16.4. The fraction of sp³-hybridized carbons (Fsp3) is 0.143. The van der Waals surface area contributed by atoms with E-state index < -0.39 is 9.84 Å². The molecule has 2 aromatic heterocycles. The Kier molecular flexibility index (Phi) is 5.04. The Hall–Kier alpha value is -3.59. The largest absolute Gasteiger partial charge is 0.504 e. The van der Waals surface area contributed by atoms with Crippen molar-refractivity contribution in [2.75, 3.05) is 18.7 Å². The highest BCUT2D eigenvalue weighted by Crippen LogP contribution is 2.32. The number of anilines is 1. The number of aromatic hydroxyl groups is 1. The van der Waals surface area contributed by atoms with Crippen LogP contribution in [0, 0.1) is 0 Å². The van der Waals surface area contributed by atoms with Gasteiger partial charge in [0.1, 0.15) is 0 Å². The Bertz CT molecular complexity index is 1310. The van der Waals surface area contributed by atoms with E-state index in [4.69, 9.17) is 4.74 Å². The molecule has 0 spiro atoms. The summed E-state index contributed by atoms with van der Waals surface area (Å²) in [5.74, 6) is 1.04. The second kappa shape index (κ2) is 7.68. The summed E-state index contributed by atoms with van der Waals surface area (Å²) in [6, 6.07) is 11.9. The zero-order valence-corrected chi connectivity index (χ0v) is 17.2. The number of imidazole rings is 1. The van der Waals surface area contributed by atoms with E-state index in [1.807, 2.05) is 10.5 Å². The van der Waals surface area contributed by atoms with Crippen molar-refractivity contribution in [2.24, 2.45) is 0 Å². The van der Waals surface area contributed by atoms with E-state index in [-0.39, 0.29) is 10.6 Å². The van der Waals surface area contributed by atoms with Gasteiger partial charge in [-0.3, -0.25) is 4.40 Å². The maximum atomic E-state index is 11.6. The summed E-state index contributed by atoms with van der Waals surface area (Å²) in [6.07, 6.45) is 6.36. The highest BCUT2D eigenvalue weighted by Gasteiger charge is 2.12.